The zero-order valence-corrected chi connectivity index (χ0v) is 29.3. The maximum atomic E-state index is 11.9. The topological polar surface area (TPSA) is 135 Å². The highest BCUT2D eigenvalue weighted by atomic mass is 35.5. The lowest BCUT2D eigenvalue weighted by atomic mass is 9.98. The zero-order chi connectivity index (χ0) is 35.2. The molecule has 6 rings (SSSR count). The number of rotatable bonds is 14. The standard InChI is InChI=1S/C37H38Cl2N6O5/c1-49-36-22(17-40-18-24-11-15-32(47)41-24)9-13-30(43-36)28-7-3-5-26(34(28)38)27-6-4-8-29(35(27)39)31-14-10-23(37(44-31)50-2)19-45(21-46)20-25-12-16-33(48)42-25/h3-10,13-14,21,24-25,40H,11-12,15-20H2,1-2H3,(H,41,47)(H,42,48)/t24-,25+/m1/s1. The highest BCUT2D eigenvalue weighted by Crippen LogP contribution is 2.42. The lowest BCUT2D eigenvalue weighted by molar-refractivity contribution is -0.121. The molecule has 2 fully saturated rings. The van der Waals surface area contributed by atoms with Crippen molar-refractivity contribution in [2.45, 2.75) is 50.9 Å². The Kier molecular flexibility index (Phi) is 11.2. The second-order valence-electron chi connectivity index (χ2n) is 12.3. The third kappa shape index (κ3) is 7.85. The van der Waals surface area contributed by atoms with Crippen LogP contribution >= 0.6 is 23.2 Å². The molecule has 3 N–H and O–H groups in total. The molecule has 2 aliphatic rings. The van der Waals surface area contributed by atoms with Crippen LogP contribution in [0.4, 0.5) is 0 Å². The van der Waals surface area contributed by atoms with Crippen molar-refractivity contribution in [2.75, 3.05) is 27.3 Å². The summed E-state index contributed by atoms with van der Waals surface area (Å²) in [5.74, 6) is 0.944. The second-order valence-corrected chi connectivity index (χ2v) is 13.1. The van der Waals surface area contributed by atoms with Crippen molar-refractivity contribution in [1.29, 1.82) is 0 Å². The molecule has 260 valence electrons. The highest BCUT2D eigenvalue weighted by molar-refractivity contribution is 6.39. The molecule has 11 nitrogen and oxygen atoms in total. The molecule has 13 heteroatoms. The highest BCUT2D eigenvalue weighted by Gasteiger charge is 2.24. The van der Waals surface area contributed by atoms with Crippen LogP contribution in [0.5, 0.6) is 11.8 Å². The molecule has 0 radical (unpaired) electrons. The number of carbonyl (C=O) groups is 3. The number of benzene rings is 2. The minimum atomic E-state index is -0.0731. The molecule has 4 aromatic rings. The van der Waals surface area contributed by atoms with Crippen molar-refractivity contribution in [1.82, 2.24) is 30.8 Å². The minimum absolute atomic E-state index is 0.000150. The van der Waals surface area contributed by atoms with E-state index < -0.39 is 0 Å². The molecule has 0 spiro atoms. The van der Waals surface area contributed by atoms with Crippen molar-refractivity contribution in [2.24, 2.45) is 0 Å². The fraction of sp³-hybridized carbons (Fsp3) is 0.324. The van der Waals surface area contributed by atoms with Crippen molar-refractivity contribution < 1.29 is 23.9 Å². The third-order valence-corrected chi connectivity index (χ3v) is 9.77. The molecule has 2 aliphatic heterocycles. The summed E-state index contributed by atoms with van der Waals surface area (Å²) in [6, 6.07) is 19.0. The Morgan fingerprint density at radius 2 is 1.30 bits per heavy atom. The summed E-state index contributed by atoms with van der Waals surface area (Å²) in [6.07, 6.45) is 3.32. The largest absolute Gasteiger partial charge is 0.481 e. The monoisotopic (exact) mass is 716 g/mol. The Labute approximate surface area is 300 Å². The number of nitrogens with zero attached hydrogens (tertiary/aromatic N) is 3. The molecule has 2 aromatic heterocycles. The van der Waals surface area contributed by atoms with Gasteiger partial charge in [0.1, 0.15) is 0 Å². The Bertz CT molecular complexity index is 1910. The van der Waals surface area contributed by atoms with Gasteiger partial charge in [-0.25, -0.2) is 9.97 Å². The number of methoxy groups -OCH3 is 2. The molecule has 0 saturated carbocycles. The predicted octanol–water partition coefficient (Wildman–Crippen LogP) is 5.41. The second kappa shape index (κ2) is 15.9. The summed E-state index contributed by atoms with van der Waals surface area (Å²) in [6.45, 7) is 1.88. The first-order valence-corrected chi connectivity index (χ1v) is 17.2. The van der Waals surface area contributed by atoms with E-state index in [-0.39, 0.29) is 30.4 Å². The third-order valence-electron chi connectivity index (χ3n) is 8.96. The number of halogens is 2. The van der Waals surface area contributed by atoms with Crippen LogP contribution in [0.3, 0.4) is 0 Å². The Morgan fingerprint density at radius 3 is 1.82 bits per heavy atom. The van der Waals surface area contributed by atoms with Crippen LogP contribution < -0.4 is 25.4 Å². The molecule has 0 aliphatic carbocycles. The summed E-state index contributed by atoms with van der Waals surface area (Å²) in [5, 5.41) is 10.2. The summed E-state index contributed by atoms with van der Waals surface area (Å²) >= 11 is 14.1. The summed E-state index contributed by atoms with van der Waals surface area (Å²) in [4.78, 5) is 46.1. The quantitative estimate of drug-likeness (QED) is 0.148. The molecule has 0 unspecified atom stereocenters. The number of pyridine rings is 2. The van der Waals surface area contributed by atoms with Gasteiger partial charge in [-0.1, -0.05) is 65.7 Å². The number of carbonyl (C=O) groups excluding carboxylic acids is 3. The van der Waals surface area contributed by atoms with Gasteiger partial charge < -0.3 is 30.3 Å². The van der Waals surface area contributed by atoms with Gasteiger partial charge >= 0.3 is 0 Å². The Balaban J connectivity index is 1.22. The van der Waals surface area contributed by atoms with Gasteiger partial charge in [0.05, 0.1) is 42.2 Å². The fourth-order valence-corrected chi connectivity index (χ4v) is 7.04. The predicted molar refractivity (Wildman–Crippen MR) is 192 cm³/mol. The van der Waals surface area contributed by atoms with E-state index in [0.717, 1.165) is 40.6 Å². The van der Waals surface area contributed by atoms with E-state index in [4.69, 9.17) is 42.6 Å². The number of hydrogen-bond acceptors (Lipinski definition) is 8. The Morgan fingerprint density at radius 1 is 0.780 bits per heavy atom. The number of aromatic nitrogens is 2. The van der Waals surface area contributed by atoms with E-state index in [1.807, 2.05) is 60.7 Å². The smallest absolute Gasteiger partial charge is 0.220 e. The Hall–Kier alpha value is -4.71. The van der Waals surface area contributed by atoms with Gasteiger partial charge in [-0.2, -0.15) is 0 Å². The van der Waals surface area contributed by atoms with Crippen LogP contribution in [0.25, 0.3) is 33.6 Å². The van der Waals surface area contributed by atoms with E-state index in [2.05, 4.69) is 16.0 Å². The molecule has 2 saturated heterocycles. The fourth-order valence-electron chi connectivity index (χ4n) is 6.40. The molecular formula is C37H38Cl2N6O5. The molecule has 0 bridgehead atoms. The average Bonchev–Trinajstić information content (AvgIpc) is 3.75. The molecule has 50 heavy (non-hydrogen) atoms. The summed E-state index contributed by atoms with van der Waals surface area (Å²) in [5.41, 5.74) is 5.71. The van der Waals surface area contributed by atoms with Crippen LogP contribution in [-0.4, -0.2) is 72.5 Å². The SMILES string of the molecule is COc1nc(-c2cccc(-c3cccc(-c4ccc(CN(C=O)C[C@@H]5CCC(=O)N5)c(OC)n4)c3Cl)c2Cl)ccc1CNC[C@H]1CCC(=O)N1. The van der Waals surface area contributed by atoms with Crippen LogP contribution in [0.2, 0.25) is 10.0 Å². The van der Waals surface area contributed by atoms with Crippen LogP contribution in [0.15, 0.2) is 60.7 Å². The maximum Gasteiger partial charge on any atom is 0.220 e. The number of nitrogens with one attached hydrogen (secondary N) is 3. The van der Waals surface area contributed by atoms with Crippen molar-refractivity contribution in [3.63, 3.8) is 0 Å². The van der Waals surface area contributed by atoms with Gasteiger partial charge in [0.2, 0.25) is 30.0 Å². The molecular weight excluding hydrogens is 679 g/mol. The first-order chi connectivity index (χ1) is 24.3. The molecule has 2 aromatic carbocycles. The maximum absolute atomic E-state index is 11.9. The number of hydrogen-bond donors (Lipinski definition) is 3. The number of ether oxygens (including phenoxy) is 2. The van der Waals surface area contributed by atoms with E-state index in [0.29, 0.717) is 77.7 Å². The van der Waals surface area contributed by atoms with Crippen molar-refractivity contribution in [3.8, 4) is 45.4 Å². The van der Waals surface area contributed by atoms with Crippen LogP contribution in [0.1, 0.15) is 36.8 Å². The van der Waals surface area contributed by atoms with Gasteiger partial charge in [0, 0.05) is 77.9 Å². The molecule has 3 amide bonds. The summed E-state index contributed by atoms with van der Waals surface area (Å²) < 4.78 is 11.3. The van der Waals surface area contributed by atoms with Crippen LogP contribution in [-0.2, 0) is 27.5 Å². The zero-order valence-electron chi connectivity index (χ0n) is 27.8. The van der Waals surface area contributed by atoms with Gasteiger partial charge in [-0.3, -0.25) is 14.4 Å². The first-order valence-electron chi connectivity index (χ1n) is 16.4. The first kappa shape index (κ1) is 35.1. The van der Waals surface area contributed by atoms with Gasteiger partial charge in [0.25, 0.3) is 0 Å². The van der Waals surface area contributed by atoms with Gasteiger partial charge in [-0.15, -0.1) is 0 Å². The molecule has 4 heterocycles. The van der Waals surface area contributed by atoms with Crippen LogP contribution in [0, 0.1) is 0 Å². The number of amides is 3. The van der Waals surface area contributed by atoms with Gasteiger partial charge in [-0.05, 0) is 31.0 Å². The summed E-state index contributed by atoms with van der Waals surface area (Å²) in [7, 11) is 3.12. The molecule has 2 atom stereocenters. The van der Waals surface area contributed by atoms with E-state index >= 15 is 0 Å². The average molecular weight is 718 g/mol. The van der Waals surface area contributed by atoms with Crippen molar-refractivity contribution in [3.05, 3.63) is 81.8 Å². The lowest BCUT2D eigenvalue weighted by Gasteiger charge is -2.22. The van der Waals surface area contributed by atoms with E-state index in [1.54, 1.807) is 12.0 Å². The van der Waals surface area contributed by atoms with Gasteiger partial charge in [0.15, 0.2) is 0 Å². The normalized spacial score (nSPS) is 17.0. The lowest BCUT2D eigenvalue weighted by Crippen LogP contribution is -2.37. The van der Waals surface area contributed by atoms with E-state index in [1.165, 1.54) is 7.11 Å². The van der Waals surface area contributed by atoms with Crippen molar-refractivity contribution >= 4 is 41.4 Å². The van der Waals surface area contributed by atoms with E-state index in [9.17, 15) is 14.4 Å². The minimum Gasteiger partial charge on any atom is -0.481 e.